The first-order chi connectivity index (χ1) is 11.6. The smallest absolute Gasteiger partial charge is 0.258 e. The third-order valence-corrected chi connectivity index (χ3v) is 4.43. The first-order valence-corrected chi connectivity index (χ1v) is 7.81. The van der Waals surface area contributed by atoms with E-state index in [1.165, 1.54) is 10.6 Å². The van der Waals surface area contributed by atoms with Gasteiger partial charge < -0.3 is 9.47 Å². The highest BCUT2D eigenvalue weighted by Gasteiger charge is 2.26. The third-order valence-electron chi connectivity index (χ3n) is 4.43. The number of aromatic nitrogens is 1. The lowest BCUT2D eigenvalue weighted by Gasteiger charge is -2.31. The highest BCUT2D eigenvalue weighted by molar-refractivity contribution is 6.09. The number of amides is 1. The maximum atomic E-state index is 13.0. The molecular formula is C20H16N2O2. The molecule has 1 aromatic heterocycles. The molecule has 4 nitrogen and oxygen atoms in total. The van der Waals surface area contributed by atoms with E-state index in [2.05, 4.69) is 6.07 Å². The zero-order chi connectivity index (χ0) is 16.7. The molecule has 0 saturated heterocycles. The molecule has 4 heteroatoms. The fraction of sp³-hybridized carbons (Fsp3) is 0.100. The fourth-order valence-corrected chi connectivity index (χ4v) is 3.13. The van der Waals surface area contributed by atoms with Crippen molar-refractivity contribution >= 4 is 11.6 Å². The van der Waals surface area contributed by atoms with E-state index in [9.17, 15) is 9.59 Å². The van der Waals surface area contributed by atoms with Gasteiger partial charge in [0.15, 0.2) is 0 Å². The molecule has 4 rings (SSSR count). The van der Waals surface area contributed by atoms with Crippen molar-refractivity contribution in [3.8, 4) is 11.1 Å². The van der Waals surface area contributed by atoms with Crippen LogP contribution in [0.3, 0.4) is 0 Å². The van der Waals surface area contributed by atoms with Crippen molar-refractivity contribution in [1.29, 1.82) is 0 Å². The Bertz CT molecular complexity index is 1000. The van der Waals surface area contributed by atoms with Crippen molar-refractivity contribution in [3.05, 3.63) is 88.3 Å². The van der Waals surface area contributed by atoms with Crippen molar-refractivity contribution < 1.29 is 4.79 Å². The van der Waals surface area contributed by atoms with Gasteiger partial charge in [0.05, 0.1) is 12.2 Å². The Balaban J connectivity index is 1.83. The highest BCUT2D eigenvalue weighted by Crippen LogP contribution is 2.39. The van der Waals surface area contributed by atoms with Gasteiger partial charge in [0.25, 0.3) is 11.5 Å². The number of para-hydroxylation sites is 1. The van der Waals surface area contributed by atoms with Gasteiger partial charge >= 0.3 is 0 Å². The maximum absolute atomic E-state index is 13.0. The normalized spacial score (nSPS) is 12.5. The molecule has 1 aliphatic rings. The molecule has 0 fully saturated rings. The molecule has 0 N–H and O–H groups in total. The molecule has 2 heterocycles. The Morgan fingerprint density at radius 1 is 0.958 bits per heavy atom. The average molecular weight is 316 g/mol. The summed E-state index contributed by atoms with van der Waals surface area (Å²) in [4.78, 5) is 26.6. The SMILES string of the molecule is Cn1ccc(C(=O)N2Cc3ccccc3-c3ccccc32)cc1=O. The van der Waals surface area contributed by atoms with E-state index in [0.717, 1.165) is 22.4 Å². The Labute approximate surface area is 139 Å². The minimum Gasteiger partial charge on any atom is -0.319 e. The first kappa shape index (κ1) is 14.5. The van der Waals surface area contributed by atoms with Crippen LogP contribution < -0.4 is 10.5 Å². The lowest BCUT2D eigenvalue weighted by molar-refractivity contribution is 0.0984. The van der Waals surface area contributed by atoms with Crippen molar-refractivity contribution in [2.75, 3.05) is 4.90 Å². The largest absolute Gasteiger partial charge is 0.319 e. The lowest BCUT2D eigenvalue weighted by atomic mass is 9.93. The van der Waals surface area contributed by atoms with Crippen LogP contribution >= 0.6 is 0 Å². The maximum Gasteiger partial charge on any atom is 0.258 e. The van der Waals surface area contributed by atoms with Crippen molar-refractivity contribution in [1.82, 2.24) is 4.57 Å². The molecule has 1 amide bonds. The number of hydrogen-bond acceptors (Lipinski definition) is 2. The predicted octanol–water partition coefficient (Wildman–Crippen LogP) is 3.21. The molecule has 0 aliphatic carbocycles. The number of hydrogen-bond donors (Lipinski definition) is 0. The van der Waals surface area contributed by atoms with Gasteiger partial charge in [-0.25, -0.2) is 0 Å². The molecule has 118 valence electrons. The summed E-state index contributed by atoms with van der Waals surface area (Å²) in [6.45, 7) is 0.501. The van der Waals surface area contributed by atoms with Crippen molar-refractivity contribution in [2.24, 2.45) is 7.05 Å². The monoisotopic (exact) mass is 316 g/mol. The number of fused-ring (bicyclic) bond motifs is 3. The summed E-state index contributed by atoms with van der Waals surface area (Å²) < 4.78 is 1.45. The van der Waals surface area contributed by atoms with Crippen LogP contribution in [0.15, 0.2) is 71.7 Å². The van der Waals surface area contributed by atoms with Crippen LogP contribution in [0.2, 0.25) is 0 Å². The molecule has 0 bridgehead atoms. The number of pyridine rings is 1. The number of carbonyl (C=O) groups is 1. The third kappa shape index (κ3) is 2.24. The summed E-state index contributed by atoms with van der Waals surface area (Å²) in [5, 5.41) is 0. The van der Waals surface area contributed by atoms with Crippen LogP contribution in [-0.2, 0) is 13.6 Å². The van der Waals surface area contributed by atoms with E-state index in [0.29, 0.717) is 12.1 Å². The van der Waals surface area contributed by atoms with Crippen LogP contribution in [0.1, 0.15) is 15.9 Å². The summed E-state index contributed by atoms with van der Waals surface area (Å²) in [7, 11) is 1.67. The number of benzene rings is 2. The summed E-state index contributed by atoms with van der Waals surface area (Å²) >= 11 is 0. The molecule has 24 heavy (non-hydrogen) atoms. The molecule has 1 aliphatic heterocycles. The summed E-state index contributed by atoms with van der Waals surface area (Å²) in [5.74, 6) is -0.158. The van der Waals surface area contributed by atoms with Crippen LogP contribution in [0.5, 0.6) is 0 Å². The van der Waals surface area contributed by atoms with Gasteiger partial charge in [0.1, 0.15) is 0 Å². The Morgan fingerprint density at radius 2 is 1.67 bits per heavy atom. The molecule has 0 spiro atoms. The molecule has 2 aromatic carbocycles. The van der Waals surface area contributed by atoms with E-state index in [-0.39, 0.29) is 11.5 Å². The van der Waals surface area contributed by atoms with E-state index in [4.69, 9.17) is 0 Å². The first-order valence-electron chi connectivity index (χ1n) is 7.81. The van der Waals surface area contributed by atoms with Crippen LogP contribution in [-0.4, -0.2) is 10.5 Å². The zero-order valence-electron chi connectivity index (χ0n) is 13.3. The summed E-state index contributed by atoms with van der Waals surface area (Å²) in [6, 6.07) is 19.1. The Morgan fingerprint density at radius 3 is 2.46 bits per heavy atom. The van der Waals surface area contributed by atoms with Gasteiger partial charge in [0, 0.05) is 30.4 Å². The average Bonchev–Trinajstić information content (AvgIpc) is 2.63. The topological polar surface area (TPSA) is 42.3 Å². The number of anilines is 1. The summed E-state index contributed by atoms with van der Waals surface area (Å²) in [5.41, 5.74) is 4.40. The van der Waals surface area contributed by atoms with E-state index in [1.54, 1.807) is 24.2 Å². The number of rotatable bonds is 1. The molecule has 0 unspecified atom stereocenters. The van der Waals surface area contributed by atoms with Gasteiger partial charge in [0.2, 0.25) is 0 Å². The van der Waals surface area contributed by atoms with E-state index < -0.39 is 0 Å². The molecular weight excluding hydrogens is 300 g/mol. The summed E-state index contributed by atoms with van der Waals surface area (Å²) in [6.07, 6.45) is 1.62. The minimum absolute atomic E-state index is 0.158. The van der Waals surface area contributed by atoms with E-state index >= 15 is 0 Å². The number of nitrogens with zero attached hydrogens (tertiary/aromatic N) is 2. The zero-order valence-corrected chi connectivity index (χ0v) is 13.3. The van der Waals surface area contributed by atoms with Gasteiger partial charge in [-0.05, 0) is 23.3 Å². The van der Waals surface area contributed by atoms with Crippen LogP contribution in [0, 0.1) is 0 Å². The number of carbonyl (C=O) groups excluding carboxylic acids is 1. The number of aryl methyl sites for hydroxylation is 1. The van der Waals surface area contributed by atoms with Gasteiger partial charge in [-0.3, -0.25) is 9.59 Å². The van der Waals surface area contributed by atoms with Crippen LogP contribution in [0.4, 0.5) is 5.69 Å². The van der Waals surface area contributed by atoms with E-state index in [1.807, 2.05) is 42.5 Å². The van der Waals surface area contributed by atoms with Gasteiger partial charge in [-0.15, -0.1) is 0 Å². The minimum atomic E-state index is -0.188. The molecule has 3 aromatic rings. The fourth-order valence-electron chi connectivity index (χ4n) is 3.13. The Kier molecular flexibility index (Phi) is 3.31. The second kappa shape index (κ2) is 5.49. The quantitative estimate of drug-likeness (QED) is 0.692. The predicted molar refractivity (Wildman–Crippen MR) is 94.1 cm³/mol. The second-order valence-electron chi connectivity index (χ2n) is 5.93. The molecule has 0 radical (unpaired) electrons. The molecule has 0 atom stereocenters. The van der Waals surface area contributed by atoms with Gasteiger partial charge in [-0.1, -0.05) is 42.5 Å². The second-order valence-corrected chi connectivity index (χ2v) is 5.93. The molecule has 0 saturated carbocycles. The van der Waals surface area contributed by atoms with Crippen molar-refractivity contribution in [3.63, 3.8) is 0 Å². The van der Waals surface area contributed by atoms with Gasteiger partial charge in [-0.2, -0.15) is 0 Å². The highest BCUT2D eigenvalue weighted by atomic mass is 16.2. The standard InChI is InChI=1S/C20H16N2O2/c1-21-11-10-14(12-19(21)23)20(24)22-13-15-6-2-3-7-16(15)17-8-4-5-9-18(17)22/h2-12H,13H2,1H3. The Hall–Kier alpha value is -3.14. The van der Waals surface area contributed by atoms with Crippen molar-refractivity contribution in [2.45, 2.75) is 6.54 Å². The lowest BCUT2D eigenvalue weighted by Crippen LogP contribution is -2.34. The van der Waals surface area contributed by atoms with Crippen LogP contribution in [0.25, 0.3) is 11.1 Å².